The number of nitrogens with zero attached hydrogens (tertiary/aromatic N) is 5. The molecule has 1 N–H and O–H groups in total. The molecule has 3 aromatic rings. The second kappa shape index (κ2) is 7.96. The van der Waals surface area contributed by atoms with Crippen LogP contribution in [0.1, 0.15) is 29.1 Å². The summed E-state index contributed by atoms with van der Waals surface area (Å²) >= 11 is 8.03. The van der Waals surface area contributed by atoms with Gasteiger partial charge >= 0.3 is 0 Å². The molecule has 3 rings (SSSR count). The monoisotopic (exact) mass is 484 g/mol. The lowest BCUT2D eigenvalue weighted by molar-refractivity contribution is 0.0937. The number of ether oxygens (including phenoxy) is 1. The summed E-state index contributed by atoms with van der Waals surface area (Å²) in [5.74, 6) is 1.09. The molecule has 1 unspecified atom stereocenters. The third-order valence-electron chi connectivity index (χ3n) is 3.45. The van der Waals surface area contributed by atoms with Gasteiger partial charge in [0, 0.05) is 45.6 Å². The molecule has 0 aliphatic carbocycles. The van der Waals surface area contributed by atoms with Gasteiger partial charge in [-0.1, -0.05) is 11.6 Å². The number of carbonyl (C=O) groups is 1. The molecule has 2 aromatic heterocycles. The van der Waals surface area contributed by atoms with Gasteiger partial charge in [0.15, 0.2) is 5.82 Å². The van der Waals surface area contributed by atoms with E-state index in [0.29, 0.717) is 31.9 Å². The van der Waals surface area contributed by atoms with Gasteiger partial charge < -0.3 is 10.1 Å². The maximum atomic E-state index is 12.6. The smallest absolute Gasteiger partial charge is 0.252 e. The van der Waals surface area contributed by atoms with Gasteiger partial charge in [-0.25, -0.2) is 15.0 Å². The summed E-state index contributed by atoms with van der Waals surface area (Å²) in [6.45, 7) is 1.80. The van der Waals surface area contributed by atoms with E-state index in [1.165, 1.54) is 11.8 Å². The van der Waals surface area contributed by atoms with Crippen LogP contribution in [0.2, 0.25) is 5.02 Å². The molecule has 10 heteroatoms. The number of carbonyl (C=O) groups excluding carboxylic acids is 1. The summed E-state index contributed by atoms with van der Waals surface area (Å²) in [7, 11) is 1.51. The van der Waals surface area contributed by atoms with Crippen LogP contribution in [0, 0.1) is 3.83 Å². The lowest BCUT2D eigenvalue weighted by atomic mass is 10.2. The average Bonchev–Trinajstić information content (AvgIpc) is 3.03. The van der Waals surface area contributed by atoms with Crippen LogP contribution in [-0.2, 0) is 0 Å². The van der Waals surface area contributed by atoms with Crippen molar-refractivity contribution in [3.05, 3.63) is 56.9 Å². The van der Waals surface area contributed by atoms with Gasteiger partial charge in [-0.05, 0) is 31.2 Å². The Balaban J connectivity index is 1.86. The van der Waals surface area contributed by atoms with Gasteiger partial charge in [0.2, 0.25) is 3.83 Å². The molecule has 8 nitrogen and oxygen atoms in total. The van der Waals surface area contributed by atoms with Gasteiger partial charge in [-0.15, -0.1) is 5.10 Å². The standard InChI is InChI=1S/C16H14ClIN6O2/c1-9(21-14(25)10-6-11(17)8-12(7-10)26-2)13-22-15(18)23-24(13)16-19-4-3-5-20-16/h3-9H,1-2H3,(H,21,25). The Hall–Kier alpha value is -2.27. The third kappa shape index (κ3) is 4.10. The predicted octanol–water partition coefficient (Wildman–Crippen LogP) is 2.81. The summed E-state index contributed by atoms with van der Waals surface area (Å²) in [5.41, 5.74) is 0.387. The highest BCUT2D eigenvalue weighted by Gasteiger charge is 2.21. The van der Waals surface area contributed by atoms with Crippen molar-refractivity contribution in [2.75, 3.05) is 7.11 Å². The van der Waals surface area contributed by atoms with Crippen LogP contribution in [0.5, 0.6) is 5.75 Å². The fourth-order valence-electron chi connectivity index (χ4n) is 2.28. The highest BCUT2D eigenvalue weighted by Crippen LogP contribution is 2.22. The van der Waals surface area contributed by atoms with E-state index in [1.54, 1.807) is 43.6 Å². The Morgan fingerprint density at radius 2 is 2.04 bits per heavy atom. The number of amides is 1. The fourth-order valence-corrected chi connectivity index (χ4v) is 2.97. The Morgan fingerprint density at radius 1 is 1.31 bits per heavy atom. The van der Waals surface area contributed by atoms with Crippen molar-refractivity contribution in [3.8, 4) is 11.7 Å². The first-order valence-electron chi connectivity index (χ1n) is 7.53. The molecule has 0 aliphatic rings. The molecular formula is C16H14ClIN6O2. The van der Waals surface area contributed by atoms with Crippen LogP contribution in [-0.4, -0.2) is 37.7 Å². The zero-order chi connectivity index (χ0) is 18.7. The van der Waals surface area contributed by atoms with Crippen molar-refractivity contribution in [2.24, 2.45) is 0 Å². The van der Waals surface area contributed by atoms with Crippen molar-refractivity contribution in [1.82, 2.24) is 30.0 Å². The summed E-state index contributed by atoms with van der Waals surface area (Å²) in [6, 6.07) is 6.09. The van der Waals surface area contributed by atoms with Crippen LogP contribution in [0.15, 0.2) is 36.7 Å². The summed E-state index contributed by atoms with van der Waals surface area (Å²) in [4.78, 5) is 25.3. The highest BCUT2D eigenvalue weighted by atomic mass is 127. The maximum Gasteiger partial charge on any atom is 0.252 e. The lowest BCUT2D eigenvalue weighted by Gasteiger charge is -2.14. The molecule has 0 saturated carbocycles. The molecule has 0 fully saturated rings. The number of nitrogens with one attached hydrogen (secondary N) is 1. The van der Waals surface area contributed by atoms with Crippen molar-refractivity contribution >= 4 is 40.1 Å². The predicted molar refractivity (Wildman–Crippen MR) is 104 cm³/mol. The van der Waals surface area contributed by atoms with E-state index >= 15 is 0 Å². The van der Waals surface area contributed by atoms with Crippen molar-refractivity contribution < 1.29 is 9.53 Å². The Labute approximate surface area is 168 Å². The number of aromatic nitrogens is 5. The molecule has 26 heavy (non-hydrogen) atoms. The molecule has 0 radical (unpaired) electrons. The molecule has 0 saturated heterocycles. The van der Waals surface area contributed by atoms with E-state index in [1.807, 2.05) is 22.6 Å². The zero-order valence-electron chi connectivity index (χ0n) is 13.8. The molecule has 2 heterocycles. The zero-order valence-corrected chi connectivity index (χ0v) is 16.8. The third-order valence-corrected chi connectivity index (χ3v) is 4.13. The number of rotatable bonds is 5. The Kier molecular flexibility index (Phi) is 5.67. The van der Waals surface area contributed by atoms with Gasteiger partial charge in [-0.2, -0.15) is 4.68 Å². The van der Waals surface area contributed by atoms with E-state index in [0.717, 1.165) is 0 Å². The first-order valence-corrected chi connectivity index (χ1v) is 8.99. The minimum atomic E-state index is -0.438. The fraction of sp³-hybridized carbons (Fsp3) is 0.188. The van der Waals surface area contributed by atoms with Gasteiger partial charge in [0.1, 0.15) is 5.75 Å². The molecule has 0 bridgehead atoms. The SMILES string of the molecule is COc1cc(Cl)cc(C(=O)NC(C)c2nc(I)nn2-c2ncccn2)c1. The van der Waals surface area contributed by atoms with E-state index in [4.69, 9.17) is 16.3 Å². The Morgan fingerprint density at radius 3 is 2.73 bits per heavy atom. The summed E-state index contributed by atoms with van der Waals surface area (Å²) < 4.78 is 7.18. The first kappa shape index (κ1) is 18.5. The van der Waals surface area contributed by atoms with Crippen molar-refractivity contribution in [2.45, 2.75) is 13.0 Å². The molecule has 1 aromatic carbocycles. The number of methoxy groups -OCH3 is 1. The topological polar surface area (TPSA) is 94.8 Å². The van der Waals surface area contributed by atoms with Crippen molar-refractivity contribution in [1.29, 1.82) is 0 Å². The van der Waals surface area contributed by atoms with Crippen LogP contribution in [0.3, 0.4) is 0 Å². The van der Waals surface area contributed by atoms with Crippen LogP contribution >= 0.6 is 34.2 Å². The number of benzene rings is 1. The van der Waals surface area contributed by atoms with Crippen LogP contribution in [0.4, 0.5) is 0 Å². The Bertz CT molecular complexity index is 934. The minimum absolute atomic E-state index is 0.308. The molecule has 0 spiro atoms. The average molecular weight is 485 g/mol. The van der Waals surface area contributed by atoms with Gasteiger partial charge in [0.25, 0.3) is 11.9 Å². The van der Waals surface area contributed by atoms with E-state index in [9.17, 15) is 4.79 Å². The first-order chi connectivity index (χ1) is 12.5. The number of halogens is 2. The normalized spacial score (nSPS) is 11.8. The maximum absolute atomic E-state index is 12.6. The van der Waals surface area contributed by atoms with Gasteiger partial charge in [0.05, 0.1) is 13.2 Å². The molecule has 0 aliphatic heterocycles. The van der Waals surface area contributed by atoms with Crippen LogP contribution < -0.4 is 10.1 Å². The largest absolute Gasteiger partial charge is 0.497 e. The van der Waals surface area contributed by atoms with E-state index in [2.05, 4.69) is 25.4 Å². The van der Waals surface area contributed by atoms with E-state index in [-0.39, 0.29) is 5.91 Å². The quantitative estimate of drug-likeness (QED) is 0.560. The summed E-state index contributed by atoms with van der Waals surface area (Å²) in [6.07, 6.45) is 3.23. The molecule has 1 atom stereocenters. The summed E-state index contributed by atoms with van der Waals surface area (Å²) in [5, 5.41) is 7.59. The second-order valence-corrected chi connectivity index (χ2v) is 6.68. The molecule has 1 amide bonds. The van der Waals surface area contributed by atoms with Crippen molar-refractivity contribution in [3.63, 3.8) is 0 Å². The minimum Gasteiger partial charge on any atom is -0.497 e. The number of hydrogen-bond acceptors (Lipinski definition) is 6. The van der Waals surface area contributed by atoms with Gasteiger partial charge in [-0.3, -0.25) is 4.79 Å². The number of hydrogen-bond donors (Lipinski definition) is 1. The lowest BCUT2D eigenvalue weighted by Crippen LogP contribution is -2.29. The second-order valence-electron chi connectivity index (χ2n) is 5.27. The highest BCUT2D eigenvalue weighted by molar-refractivity contribution is 14.1. The van der Waals surface area contributed by atoms with Crippen LogP contribution in [0.25, 0.3) is 5.95 Å². The molecule has 134 valence electrons. The van der Waals surface area contributed by atoms with E-state index < -0.39 is 6.04 Å². The molecular weight excluding hydrogens is 471 g/mol.